The van der Waals surface area contributed by atoms with Gasteiger partial charge < -0.3 is 20.3 Å². The van der Waals surface area contributed by atoms with Gasteiger partial charge in [0.05, 0.1) is 25.4 Å². The van der Waals surface area contributed by atoms with Crippen LogP contribution in [0.5, 0.6) is 0 Å². The number of allylic oxidation sites excluding steroid dienone is 4. The summed E-state index contributed by atoms with van der Waals surface area (Å²) in [6, 6.07) is -0.586. The van der Waals surface area contributed by atoms with E-state index < -0.39 is 12.1 Å². The lowest BCUT2D eigenvalue weighted by molar-refractivity contribution is -0.143. The first-order valence-corrected chi connectivity index (χ1v) is 31.1. The molecule has 2 unspecified atom stereocenters. The first-order valence-electron chi connectivity index (χ1n) is 31.1. The highest BCUT2D eigenvalue weighted by atomic mass is 16.5. The van der Waals surface area contributed by atoms with Gasteiger partial charge in [-0.3, -0.25) is 9.59 Å². The molecule has 0 spiro atoms. The van der Waals surface area contributed by atoms with Crippen molar-refractivity contribution in [2.24, 2.45) is 0 Å². The molecule has 1 amide bonds. The van der Waals surface area contributed by atoms with E-state index in [0.717, 1.165) is 51.4 Å². The Labute approximate surface area is 431 Å². The van der Waals surface area contributed by atoms with Gasteiger partial charge in [-0.05, 0) is 44.9 Å². The predicted molar refractivity (Wildman–Crippen MR) is 301 cm³/mol. The summed E-state index contributed by atoms with van der Waals surface area (Å²) >= 11 is 0. The minimum absolute atomic E-state index is 0.0114. The molecule has 0 bridgehead atoms. The smallest absolute Gasteiger partial charge is 0.305 e. The number of hydrogen-bond acceptors (Lipinski definition) is 5. The van der Waals surface area contributed by atoms with Crippen LogP contribution in [0.3, 0.4) is 0 Å². The molecule has 6 nitrogen and oxygen atoms in total. The summed E-state index contributed by atoms with van der Waals surface area (Å²) in [5.74, 6) is -0.123. The average Bonchev–Trinajstić information content (AvgIpc) is 3.35. The van der Waals surface area contributed by atoms with Crippen LogP contribution in [0.25, 0.3) is 0 Å². The summed E-state index contributed by atoms with van der Waals surface area (Å²) in [5.41, 5.74) is 0. The number of unbranched alkanes of at least 4 members (excludes halogenated alkanes) is 43. The third kappa shape index (κ3) is 55.5. The van der Waals surface area contributed by atoms with Crippen molar-refractivity contribution in [1.82, 2.24) is 5.32 Å². The first kappa shape index (κ1) is 67.3. The molecule has 0 saturated heterocycles. The Hall–Kier alpha value is -1.66. The molecule has 0 aliphatic carbocycles. The number of aliphatic hydroxyl groups excluding tert-OH is 2. The van der Waals surface area contributed by atoms with Gasteiger partial charge in [-0.15, -0.1) is 0 Å². The zero-order valence-electron chi connectivity index (χ0n) is 46.6. The van der Waals surface area contributed by atoms with E-state index in [1.807, 2.05) is 6.08 Å². The number of hydrogen-bond donors (Lipinski definition) is 3. The fourth-order valence-electron chi connectivity index (χ4n) is 9.75. The van der Waals surface area contributed by atoms with Crippen LogP contribution in [0.2, 0.25) is 0 Å². The van der Waals surface area contributed by atoms with E-state index in [1.165, 1.54) is 250 Å². The van der Waals surface area contributed by atoms with Gasteiger partial charge in [-0.2, -0.15) is 0 Å². The maximum atomic E-state index is 12.5. The minimum Gasteiger partial charge on any atom is -0.466 e. The van der Waals surface area contributed by atoms with Crippen molar-refractivity contribution >= 4 is 11.9 Å². The maximum Gasteiger partial charge on any atom is 0.305 e. The van der Waals surface area contributed by atoms with Crippen LogP contribution in [0.1, 0.15) is 341 Å². The Morgan fingerprint density at radius 2 is 0.739 bits per heavy atom. The Balaban J connectivity index is 3.50. The zero-order chi connectivity index (χ0) is 50.0. The quantitative estimate of drug-likeness (QED) is 0.0321. The number of carbonyl (C=O) groups is 2. The van der Waals surface area contributed by atoms with Gasteiger partial charge in [-0.1, -0.05) is 308 Å². The molecule has 0 radical (unpaired) electrons. The molecule has 0 aliphatic heterocycles. The van der Waals surface area contributed by atoms with Gasteiger partial charge >= 0.3 is 5.97 Å². The summed E-state index contributed by atoms with van der Waals surface area (Å²) in [6.45, 7) is 4.92. The second-order valence-corrected chi connectivity index (χ2v) is 21.4. The predicted octanol–water partition coefficient (Wildman–Crippen LogP) is 19.4. The summed E-state index contributed by atoms with van der Waals surface area (Å²) in [5, 5.41) is 23.3. The number of ether oxygens (including phenoxy) is 1. The van der Waals surface area contributed by atoms with Crippen molar-refractivity contribution < 1.29 is 24.5 Å². The molecule has 2 atom stereocenters. The minimum atomic E-state index is -0.699. The fourth-order valence-corrected chi connectivity index (χ4v) is 9.75. The SMILES string of the molecule is CCCCCCCCCCCCCCCCCCCCCCC(O)C(CO)NC(=O)CC/C=C\C/C=C\CCCCCCCCOC(=O)CCCCCCCCCCCCCCCCCCCCC. The molecule has 408 valence electrons. The fraction of sp³-hybridized carbons (Fsp3) is 0.905. The summed E-state index contributed by atoms with van der Waals surface area (Å²) in [6.07, 6.45) is 72.0. The number of carbonyl (C=O) groups excluding carboxylic acids is 2. The first-order chi connectivity index (χ1) is 34.0. The van der Waals surface area contributed by atoms with E-state index in [0.29, 0.717) is 32.3 Å². The number of rotatable bonds is 58. The summed E-state index contributed by atoms with van der Waals surface area (Å²) in [7, 11) is 0. The Bertz CT molecular complexity index is 1080. The van der Waals surface area contributed by atoms with Crippen molar-refractivity contribution in [3.05, 3.63) is 24.3 Å². The molecule has 0 fully saturated rings. The lowest BCUT2D eigenvalue weighted by Gasteiger charge is -2.22. The van der Waals surface area contributed by atoms with Gasteiger partial charge in [-0.25, -0.2) is 0 Å². The van der Waals surface area contributed by atoms with E-state index in [4.69, 9.17) is 4.74 Å². The van der Waals surface area contributed by atoms with Gasteiger partial charge in [0.15, 0.2) is 0 Å². The normalized spacial score (nSPS) is 12.7. The highest BCUT2D eigenvalue weighted by Crippen LogP contribution is 2.18. The average molecular weight is 973 g/mol. The Morgan fingerprint density at radius 3 is 1.13 bits per heavy atom. The van der Waals surface area contributed by atoms with Crippen LogP contribution < -0.4 is 5.32 Å². The summed E-state index contributed by atoms with van der Waals surface area (Å²) < 4.78 is 5.48. The molecular formula is C63H121NO5. The molecule has 6 heteroatoms. The van der Waals surface area contributed by atoms with E-state index in [2.05, 4.69) is 37.4 Å². The maximum absolute atomic E-state index is 12.5. The highest BCUT2D eigenvalue weighted by molar-refractivity contribution is 5.76. The van der Waals surface area contributed by atoms with Crippen LogP contribution in [0.15, 0.2) is 24.3 Å². The Morgan fingerprint density at radius 1 is 0.406 bits per heavy atom. The van der Waals surface area contributed by atoms with Gasteiger partial charge in [0, 0.05) is 12.8 Å². The lowest BCUT2D eigenvalue weighted by Crippen LogP contribution is -2.45. The summed E-state index contributed by atoms with van der Waals surface area (Å²) in [4.78, 5) is 24.6. The number of nitrogens with one attached hydrogen (secondary N) is 1. The highest BCUT2D eigenvalue weighted by Gasteiger charge is 2.20. The lowest BCUT2D eigenvalue weighted by atomic mass is 10.0. The van der Waals surface area contributed by atoms with Crippen molar-refractivity contribution in [2.75, 3.05) is 13.2 Å². The van der Waals surface area contributed by atoms with E-state index in [-0.39, 0.29) is 18.5 Å². The second kappa shape index (κ2) is 58.9. The number of amides is 1. The van der Waals surface area contributed by atoms with Crippen LogP contribution in [-0.2, 0) is 14.3 Å². The third-order valence-corrected chi connectivity index (χ3v) is 14.5. The molecule has 0 aromatic heterocycles. The van der Waals surface area contributed by atoms with Crippen LogP contribution >= 0.6 is 0 Å². The second-order valence-electron chi connectivity index (χ2n) is 21.4. The molecular weight excluding hydrogens is 851 g/mol. The largest absolute Gasteiger partial charge is 0.466 e. The topological polar surface area (TPSA) is 95.9 Å². The number of esters is 1. The molecule has 0 heterocycles. The third-order valence-electron chi connectivity index (χ3n) is 14.5. The van der Waals surface area contributed by atoms with E-state index >= 15 is 0 Å². The Kier molecular flexibility index (Phi) is 57.5. The van der Waals surface area contributed by atoms with Crippen molar-refractivity contribution in [3.8, 4) is 0 Å². The molecule has 0 aliphatic rings. The monoisotopic (exact) mass is 972 g/mol. The molecule has 0 rings (SSSR count). The standard InChI is InChI=1S/C63H121NO5/c1-3-5-7-9-11-13-15-17-19-21-23-25-26-28-31-35-39-43-47-51-55-61(66)60(59-65)64-62(67)56-52-48-44-40-36-32-30-34-38-42-46-50-54-58-69-63(68)57-53-49-45-41-37-33-29-27-24-22-20-18-16-14-12-10-8-6-4-2/h32,36,44,48,60-61,65-66H,3-31,33-35,37-43,45-47,49-59H2,1-2H3,(H,64,67)/b36-32-,48-44-. The molecule has 0 aromatic carbocycles. The van der Waals surface area contributed by atoms with Crippen LogP contribution in [0, 0.1) is 0 Å². The molecule has 0 saturated carbocycles. The zero-order valence-corrected chi connectivity index (χ0v) is 46.6. The van der Waals surface area contributed by atoms with E-state index in [1.54, 1.807) is 0 Å². The van der Waals surface area contributed by atoms with Gasteiger partial charge in [0.2, 0.25) is 5.91 Å². The number of aliphatic hydroxyl groups is 2. The molecule has 69 heavy (non-hydrogen) atoms. The van der Waals surface area contributed by atoms with Crippen LogP contribution in [-0.4, -0.2) is 47.4 Å². The van der Waals surface area contributed by atoms with Crippen molar-refractivity contribution in [1.29, 1.82) is 0 Å². The molecule has 3 N–H and O–H groups in total. The molecule has 0 aromatic rings. The van der Waals surface area contributed by atoms with Crippen molar-refractivity contribution in [3.63, 3.8) is 0 Å². The van der Waals surface area contributed by atoms with Gasteiger partial charge in [0.1, 0.15) is 0 Å². The van der Waals surface area contributed by atoms with Crippen molar-refractivity contribution in [2.45, 2.75) is 353 Å². The van der Waals surface area contributed by atoms with Gasteiger partial charge in [0.25, 0.3) is 0 Å². The van der Waals surface area contributed by atoms with E-state index in [9.17, 15) is 19.8 Å². The van der Waals surface area contributed by atoms with Crippen LogP contribution in [0.4, 0.5) is 0 Å².